The topological polar surface area (TPSA) is 87.0 Å². The molecular weight excluding hydrogens is 242 g/mol. The fraction of sp³-hybridized carbons (Fsp3) is 0.583. The van der Waals surface area contributed by atoms with Crippen LogP contribution in [0.2, 0.25) is 0 Å². The molecule has 19 heavy (non-hydrogen) atoms. The van der Waals surface area contributed by atoms with Crippen molar-refractivity contribution in [1.29, 1.82) is 0 Å². The van der Waals surface area contributed by atoms with Crippen molar-refractivity contribution in [3.05, 3.63) is 12.7 Å². The second-order valence-electron chi connectivity index (χ2n) is 4.91. The Morgan fingerprint density at radius 3 is 2.79 bits per heavy atom. The zero-order valence-electron chi connectivity index (χ0n) is 11.1. The number of nitrogens with one attached hydrogen (secondary N) is 1. The summed E-state index contributed by atoms with van der Waals surface area (Å²) >= 11 is 0. The van der Waals surface area contributed by atoms with E-state index in [9.17, 15) is 0 Å². The van der Waals surface area contributed by atoms with Crippen LogP contribution in [0.4, 0.5) is 5.82 Å². The average molecular weight is 261 g/mol. The van der Waals surface area contributed by atoms with E-state index in [-0.39, 0.29) is 0 Å². The third-order valence-electron chi connectivity index (χ3n) is 3.78. The summed E-state index contributed by atoms with van der Waals surface area (Å²) in [4.78, 5) is 20.5. The maximum atomic E-state index is 5.72. The smallest absolute Gasteiger partial charge is 0.182 e. The summed E-state index contributed by atoms with van der Waals surface area (Å²) in [5.41, 5.74) is 7.36. The maximum absolute atomic E-state index is 5.72. The molecule has 0 radical (unpaired) electrons. The molecule has 0 aliphatic carbocycles. The predicted octanol–water partition coefficient (Wildman–Crippen LogP) is -0.178. The Morgan fingerprint density at radius 1 is 1.26 bits per heavy atom. The number of piperazine rings is 1. The summed E-state index contributed by atoms with van der Waals surface area (Å²) in [5.74, 6) is 0.947. The summed E-state index contributed by atoms with van der Waals surface area (Å²) < 4.78 is 0. The van der Waals surface area contributed by atoms with Gasteiger partial charge in [-0.15, -0.1) is 0 Å². The number of nitrogens with two attached hydrogens (primary N) is 1. The van der Waals surface area contributed by atoms with Gasteiger partial charge in [-0.25, -0.2) is 15.0 Å². The minimum Gasteiger partial charge on any atom is -0.352 e. The van der Waals surface area contributed by atoms with Gasteiger partial charge in [-0.3, -0.25) is 4.90 Å². The van der Waals surface area contributed by atoms with E-state index in [0.717, 1.165) is 43.2 Å². The van der Waals surface area contributed by atoms with Crippen molar-refractivity contribution in [2.45, 2.75) is 13.0 Å². The first-order valence-electron chi connectivity index (χ1n) is 6.62. The summed E-state index contributed by atoms with van der Waals surface area (Å²) in [5, 5.41) is 0. The van der Waals surface area contributed by atoms with E-state index in [1.165, 1.54) is 0 Å². The van der Waals surface area contributed by atoms with Crippen LogP contribution in [-0.4, -0.2) is 63.6 Å². The van der Waals surface area contributed by atoms with E-state index in [0.29, 0.717) is 12.6 Å². The van der Waals surface area contributed by atoms with Gasteiger partial charge in [0.2, 0.25) is 0 Å². The van der Waals surface area contributed by atoms with Gasteiger partial charge in [-0.05, 0) is 6.92 Å². The maximum Gasteiger partial charge on any atom is 0.182 e. The minimum absolute atomic E-state index is 0.444. The molecule has 2 aromatic rings. The molecule has 1 unspecified atom stereocenters. The molecule has 1 atom stereocenters. The number of hydrogen-bond acceptors (Lipinski definition) is 6. The minimum atomic E-state index is 0.444. The zero-order valence-corrected chi connectivity index (χ0v) is 11.1. The second kappa shape index (κ2) is 5.10. The SMILES string of the molecule is CC(CN)N1CCN(c2ncnc3nc[nH]c23)CC1. The Labute approximate surface area is 111 Å². The van der Waals surface area contributed by atoms with Crippen LogP contribution in [0.5, 0.6) is 0 Å². The first-order chi connectivity index (χ1) is 9.29. The lowest BCUT2D eigenvalue weighted by atomic mass is 10.2. The molecule has 3 heterocycles. The lowest BCUT2D eigenvalue weighted by molar-refractivity contribution is 0.201. The summed E-state index contributed by atoms with van der Waals surface area (Å²) in [6.07, 6.45) is 3.24. The molecule has 3 N–H and O–H groups in total. The van der Waals surface area contributed by atoms with Crippen molar-refractivity contribution >= 4 is 17.0 Å². The molecule has 0 bridgehead atoms. The van der Waals surface area contributed by atoms with Gasteiger partial charge in [0.25, 0.3) is 0 Å². The van der Waals surface area contributed by atoms with Gasteiger partial charge in [0.15, 0.2) is 11.5 Å². The van der Waals surface area contributed by atoms with E-state index in [4.69, 9.17) is 5.73 Å². The van der Waals surface area contributed by atoms with Crippen molar-refractivity contribution in [3.63, 3.8) is 0 Å². The highest BCUT2D eigenvalue weighted by Gasteiger charge is 2.22. The van der Waals surface area contributed by atoms with Crippen LogP contribution in [0, 0.1) is 0 Å². The Bertz CT molecular complexity index is 544. The first kappa shape index (κ1) is 12.3. The Balaban J connectivity index is 1.76. The molecule has 0 spiro atoms. The molecule has 3 rings (SSSR count). The van der Waals surface area contributed by atoms with E-state index in [1.54, 1.807) is 12.7 Å². The number of imidazole rings is 1. The van der Waals surface area contributed by atoms with E-state index in [1.807, 2.05) is 0 Å². The largest absolute Gasteiger partial charge is 0.352 e. The van der Waals surface area contributed by atoms with Gasteiger partial charge in [0.1, 0.15) is 11.8 Å². The van der Waals surface area contributed by atoms with Crippen LogP contribution in [0.25, 0.3) is 11.2 Å². The number of anilines is 1. The fourth-order valence-electron chi connectivity index (χ4n) is 2.52. The quantitative estimate of drug-likeness (QED) is 0.797. The normalized spacial score (nSPS) is 18.9. The molecule has 7 nitrogen and oxygen atoms in total. The molecule has 1 aliphatic rings. The van der Waals surface area contributed by atoms with Crippen molar-refractivity contribution in [2.75, 3.05) is 37.6 Å². The lowest BCUT2D eigenvalue weighted by Gasteiger charge is -2.38. The third kappa shape index (κ3) is 2.26. The van der Waals surface area contributed by atoms with Crippen LogP contribution in [0.1, 0.15) is 6.92 Å². The molecule has 0 saturated carbocycles. The van der Waals surface area contributed by atoms with Gasteiger partial charge in [0.05, 0.1) is 6.33 Å². The van der Waals surface area contributed by atoms with E-state index in [2.05, 4.69) is 36.7 Å². The van der Waals surface area contributed by atoms with Crippen LogP contribution < -0.4 is 10.6 Å². The Hall–Kier alpha value is -1.73. The highest BCUT2D eigenvalue weighted by molar-refractivity contribution is 5.82. The highest BCUT2D eigenvalue weighted by atomic mass is 15.3. The molecule has 1 fully saturated rings. The number of aromatic amines is 1. The number of H-pyrrole nitrogens is 1. The average Bonchev–Trinajstić information content (AvgIpc) is 2.95. The van der Waals surface area contributed by atoms with E-state index < -0.39 is 0 Å². The van der Waals surface area contributed by atoms with Crippen molar-refractivity contribution in [2.24, 2.45) is 5.73 Å². The first-order valence-corrected chi connectivity index (χ1v) is 6.62. The van der Waals surface area contributed by atoms with Crippen molar-refractivity contribution in [3.8, 4) is 0 Å². The van der Waals surface area contributed by atoms with E-state index >= 15 is 0 Å². The second-order valence-corrected chi connectivity index (χ2v) is 4.91. The molecular formula is C12H19N7. The number of aromatic nitrogens is 4. The molecule has 0 amide bonds. The van der Waals surface area contributed by atoms with Crippen LogP contribution in [0.3, 0.4) is 0 Å². The Kier molecular flexibility index (Phi) is 3.31. The molecule has 1 aliphatic heterocycles. The van der Waals surface area contributed by atoms with Crippen LogP contribution in [0.15, 0.2) is 12.7 Å². The standard InChI is InChI=1S/C12H19N7/c1-9(6-13)18-2-4-19(5-3-18)12-10-11(15-7-14-10)16-8-17-12/h7-9H,2-6,13H2,1H3,(H,14,15,16,17). The van der Waals surface area contributed by atoms with Gasteiger partial charge in [-0.2, -0.15) is 0 Å². The molecule has 7 heteroatoms. The summed E-state index contributed by atoms with van der Waals surface area (Å²) in [6, 6.07) is 0.444. The van der Waals surface area contributed by atoms with Crippen LogP contribution in [-0.2, 0) is 0 Å². The zero-order chi connectivity index (χ0) is 13.2. The van der Waals surface area contributed by atoms with Crippen molar-refractivity contribution < 1.29 is 0 Å². The monoisotopic (exact) mass is 261 g/mol. The number of hydrogen-bond donors (Lipinski definition) is 2. The van der Waals surface area contributed by atoms with Gasteiger partial charge < -0.3 is 15.6 Å². The number of nitrogens with zero attached hydrogens (tertiary/aromatic N) is 5. The predicted molar refractivity (Wildman–Crippen MR) is 74.0 cm³/mol. The highest BCUT2D eigenvalue weighted by Crippen LogP contribution is 2.21. The van der Waals surface area contributed by atoms with Gasteiger partial charge in [-0.1, -0.05) is 0 Å². The molecule has 1 saturated heterocycles. The summed E-state index contributed by atoms with van der Waals surface area (Å²) in [7, 11) is 0. The lowest BCUT2D eigenvalue weighted by Crippen LogP contribution is -2.51. The fourth-order valence-corrected chi connectivity index (χ4v) is 2.52. The summed E-state index contributed by atoms with van der Waals surface area (Å²) in [6.45, 7) is 6.81. The van der Waals surface area contributed by atoms with Gasteiger partial charge in [0, 0.05) is 38.8 Å². The van der Waals surface area contributed by atoms with Crippen LogP contribution >= 0.6 is 0 Å². The third-order valence-corrected chi connectivity index (χ3v) is 3.78. The molecule has 2 aromatic heterocycles. The van der Waals surface area contributed by atoms with Gasteiger partial charge >= 0.3 is 0 Å². The number of rotatable bonds is 3. The molecule has 0 aromatic carbocycles. The molecule has 102 valence electrons. The van der Waals surface area contributed by atoms with Crippen molar-refractivity contribution in [1.82, 2.24) is 24.8 Å². The number of fused-ring (bicyclic) bond motifs is 1. The Morgan fingerprint density at radius 2 is 2.05 bits per heavy atom.